The molecule has 1 fully saturated rings. The predicted octanol–water partition coefficient (Wildman–Crippen LogP) is 2.96. The molecular formula is C17H14N2O2S. The summed E-state index contributed by atoms with van der Waals surface area (Å²) in [5.74, 6) is 0.496. The molecule has 1 aliphatic rings. The van der Waals surface area contributed by atoms with Gasteiger partial charge in [0.2, 0.25) is 0 Å². The largest absolute Gasteiger partial charge is 0.497 e. The van der Waals surface area contributed by atoms with Crippen LogP contribution in [0.3, 0.4) is 0 Å². The molecule has 0 aromatic heterocycles. The second-order valence-corrected chi connectivity index (χ2v) is 5.13. The molecule has 0 radical (unpaired) electrons. The van der Waals surface area contributed by atoms with Gasteiger partial charge in [-0.3, -0.25) is 9.69 Å². The number of nitrogens with zero attached hydrogens (tertiary/aromatic N) is 1. The molecule has 0 aliphatic carbocycles. The summed E-state index contributed by atoms with van der Waals surface area (Å²) in [6, 6.07) is 16.9. The Morgan fingerprint density at radius 2 is 1.91 bits per heavy atom. The van der Waals surface area contributed by atoms with Crippen molar-refractivity contribution in [2.24, 2.45) is 0 Å². The number of anilines is 1. The van der Waals surface area contributed by atoms with Crippen LogP contribution in [0.25, 0.3) is 6.08 Å². The molecule has 0 unspecified atom stereocenters. The van der Waals surface area contributed by atoms with Crippen LogP contribution in [0.1, 0.15) is 5.56 Å². The molecule has 1 saturated heterocycles. The summed E-state index contributed by atoms with van der Waals surface area (Å²) in [7, 11) is 1.59. The van der Waals surface area contributed by atoms with Crippen LogP contribution >= 0.6 is 12.2 Å². The van der Waals surface area contributed by atoms with Crippen LogP contribution < -0.4 is 15.0 Å². The Labute approximate surface area is 134 Å². The number of benzene rings is 2. The normalized spacial score (nSPS) is 16.0. The zero-order valence-electron chi connectivity index (χ0n) is 11.9. The number of carbonyl (C=O) groups excluding carboxylic acids is 1. The fourth-order valence-corrected chi connectivity index (χ4v) is 2.53. The third-order valence-electron chi connectivity index (χ3n) is 3.30. The lowest BCUT2D eigenvalue weighted by Gasteiger charge is -2.14. The molecule has 0 bridgehead atoms. The molecule has 0 spiro atoms. The summed E-state index contributed by atoms with van der Waals surface area (Å²) in [6.07, 6.45) is 1.79. The minimum absolute atomic E-state index is 0.179. The number of nitrogens with one attached hydrogen (secondary N) is 1. The lowest BCUT2D eigenvalue weighted by atomic mass is 10.2. The van der Waals surface area contributed by atoms with Crippen molar-refractivity contribution < 1.29 is 9.53 Å². The Morgan fingerprint density at radius 3 is 2.64 bits per heavy atom. The Bertz CT molecular complexity index is 756. The number of ether oxygens (including phenoxy) is 1. The van der Waals surface area contributed by atoms with E-state index < -0.39 is 0 Å². The average molecular weight is 310 g/mol. The van der Waals surface area contributed by atoms with Gasteiger partial charge in [0.1, 0.15) is 11.4 Å². The average Bonchev–Trinajstić information content (AvgIpc) is 2.82. The Morgan fingerprint density at radius 1 is 1.14 bits per heavy atom. The van der Waals surface area contributed by atoms with E-state index in [9.17, 15) is 4.79 Å². The van der Waals surface area contributed by atoms with Crippen molar-refractivity contribution in [3.8, 4) is 5.75 Å². The van der Waals surface area contributed by atoms with Gasteiger partial charge in [0, 0.05) is 6.07 Å². The standard InChI is InChI=1S/C17H14N2O2S/c1-21-14-9-5-8-13(11-14)19-16(20)15(18-17(19)22)10-12-6-3-2-4-7-12/h2-11H,1H3,(H,18,22). The molecule has 4 nitrogen and oxygen atoms in total. The maximum atomic E-state index is 12.6. The van der Waals surface area contributed by atoms with E-state index in [4.69, 9.17) is 17.0 Å². The van der Waals surface area contributed by atoms with Gasteiger partial charge in [-0.25, -0.2) is 0 Å². The quantitative estimate of drug-likeness (QED) is 0.699. The molecule has 1 amide bonds. The topological polar surface area (TPSA) is 41.6 Å². The summed E-state index contributed by atoms with van der Waals surface area (Å²) >= 11 is 5.28. The fraction of sp³-hybridized carbons (Fsp3) is 0.0588. The molecule has 1 aliphatic heterocycles. The molecule has 2 aromatic rings. The molecule has 1 N–H and O–H groups in total. The number of methoxy groups -OCH3 is 1. The van der Waals surface area contributed by atoms with Gasteiger partial charge < -0.3 is 10.1 Å². The highest BCUT2D eigenvalue weighted by molar-refractivity contribution is 7.80. The molecule has 0 saturated carbocycles. The van der Waals surface area contributed by atoms with E-state index in [-0.39, 0.29) is 5.91 Å². The van der Waals surface area contributed by atoms with E-state index in [1.165, 1.54) is 4.90 Å². The molecule has 5 heteroatoms. The zero-order chi connectivity index (χ0) is 15.5. The van der Waals surface area contributed by atoms with Crippen molar-refractivity contribution in [2.45, 2.75) is 0 Å². The number of hydrogen-bond acceptors (Lipinski definition) is 3. The Balaban J connectivity index is 1.93. The monoisotopic (exact) mass is 310 g/mol. The van der Waals surface area contributed by atoms with Crippen LogP contribution in [0.15, 0.2) is 60.3 Å². The molecule has 110 valence electrons. The van der Waals surface area contributed by atoms with Gasteiger partial charge in [0.25, 0.3) is 5.91 Å². The smallest absolute Gasteiger partial charge is 0.281 e. The van der Waals surface area contributed by atoms with E-state index in [1.807, 2.05) is 48.5 Å². The van der Waals surface area contributed by atoms with Crippen LogP contribution in [-0.4, -0.2) is 18.1 Å². The molecule has 2 aromatic carbocycles. The second kappa shape index (κ2) is 5.99. The van der Waals surface area contributed by atoms with Gasteiger partial charge >= 0.3 is 0 Å². The number of amides is 1. The molecule has 1 heterocycles. The highest BCUT2D eigenvalue weighted by Gasteiger charge is 2.32. The lowest BCUT2D eigenvalue weighted by Crippen LogP contribution is -2.30. The van der Waals surface area contributed by atoms with Gasteiger partial charge in [-0.15, -0.1) is 0 Å². The lowest BCUT2D eigenvalue weighted by molar-refractivity contribution is -0.113. The minimum atomic E-state index is -0.179. The third kappa shape index (κ3) is 2.71. The van der Waals surface area contributed by atoms with Gasteiger partial charge in [0.15, 0.2) is 5.11 Å². The van der Waals surface area contributed by atoms with Crippen molar-refractivity contribution in [1.82, 2.24) is 5.32 Å². The van der Waals surface area contributed by atoms with Crippen LogP contribution in [-0.2, 0) is 4.79 Å². The van der Waals surface area contributed by atoms with E-state index in [0.717, 1.165) is 5.56 Å². The van der Waals surface area contributed by atoms with Gasteiger partial charge in [0.05, 0.1) is 12.8 Å². The van der Waals surface area contributed by atoms with Crippen molar-refractivity contribution in [3.63, 3.8) is 0 Å². The van der Waals surface area contributed by atoms with Gasteiger partial charge in [-0.2, -0.15) is 0 Å². The molecular weight excluding hydrogens is 296 g/mol. The first kappa shape index (κ1) is 14.3. The third-order valence-corrected chi connectivity index (χ3v) is 3.58. The predicted molar refractivity (Wildman–Crippen MR) is 90.6 cm³/mol. The van der Waals surface area contributed by atoms with Gasteiger partial charge in [-0.05, 0) is 36.0 Å². The number of thiocarbonyl (C=S) groups is 1. The first-order chi connectivity index (χ1) is 10.7. The summed E-state index contributed by atoms with van der Waals surface area (Å²) in [6.45, 7) is 0. The zero-order valence-corrected chi connectivity index (χ0v) is 12.8. The number of hydrogen-bond donors (Lipinski definition) is 1. The number of carbonyl (C=O) groups is 1. The highest BCUT2D eigenvalue weighted by atomic mass is 32.1. The van der Waals surface area contributed by atoms with E-state index in [2.05, 4.69) is 5.32 Å². The van der Waals surface area contributed by atoms with E-state index in [0.29, 0.717) is 22.2 Å². The van der Waals surface area contributed by atoms with Crippen molar-refractivity contribution in [1.29, 1.82) is 0 Å². The van der Waals surface area contributed by atoms with Gasteiger partial charge in [-0.1, -0.05) is 36.4 Å². The summed E-state index contributed by atoms with van der Waals surface area (Å²) < 4.78 is 5.19. The van der Waals surface area contributed by atoms with Crippen molar-refractivity contribution in [3.05, 3.63) is 65.9 Å². The van der Waals surface area contributed by atoms with Crippen LogP contribution in [0.4, 0.5) is 5.69 Å². The first-order valence-electron chi connectivity index (χ1n) is 6.75. The van der Waals surface area contributed by atoms with E-state index in [1.54, 1.807) is 19.3 Å². The Hall–Kier alpha value is -2.66. The SMILES string of the molecule is COc1cccc(N2C(=O)C(=Cc3ccccc3)NC2=S)c1. The molecule has 22 heavy (non-hydrogen) atoms. The Kier molecular flexibility index (Phi) is 3.89. The first-order valence-corrected chi connectivity index (χ1v) is 7.16. The van der Waals surface area contributed by atoms with Crippen molar-refractivity contribution in [2.75, 3.05) is 12.0 Å². The summed E-state index contributed by atoms with van der Waals surface area (Å²) in [4.78, 5) is 14.1. The molecule has 0 atom stereocenters. The maximum absolute atomic E-state index is 12.6. The second-order valence-electron chi connectivity index (χ2n) is 4.74. The van der Waals surface area contributed by atoms with Crippen LogP contribution in [0.2, 0.25) is 0 Å². The summed E-state index contributed by atoms with van der Waals surface area (Å²) in [5, 5.41) is 3.33. The van der Waals surface area contributed by atoms with Crippen LogP contribution in [0.5, 0.6) is 5.75 Å². The molecule has 3 rings (SSSR count). The fourth-order valence-electron chi connectivity index (χ4n) is 2.24. The maximum Gasteiger partial charge on any atom is 0.281 e. The minimum Gasteiger partial charge on any atom is -0.497 e. The summed E-state index contributed by atoms with van der Waals surface area (Å²) in [5.41, 5.74) is 2.07. The highest BCUT2D eigenvalue weighted by Crippen LogP contribution is 2.25. The van der Waals surface area contributed by atoms with E-state index >= 15 is 0 Å². The number of rotatable bonds is 3. The van der Waals surface area contributed by atoms with Crippen molar-refractivity contribution >= 4 is 35.0 Å². The van der Waals surface area contributed by atoms with Crippen LogP contribution in [0, 0.1) is 0 Å².